The second-order valence-corrected chi connectivity index (χ2v) is 4.03. The number of imidazole rings is 1. The standard InChI is InChI=1S/C12H17N5/c1-10-7-11(13)12(16-8-10)15-3-2-5-17-6-4-14-9-17/h4,6-9H,2-3,5,13H2,1H3,(H,15,16). The Morgan fingerprint density at radius 1 is 1.47 bits per heavy atom. The molecule has 0 unspecified atom stereocenters. The zero-order valence-electron chi connectivity index (χ0n) is 9.93. The van der Waals surface area contributed by atoms with Crippen LogP contribution in [0.1, 0.15) is 12.0 Å². The van der Waals surface area contributed by atoms with E-state index in [1.165, 1.54) is 0 Å². The summed E-state index contributed by atoms with van der Waals surface area (Å²) in [6.45, 7) is 3.77. The fraction of sp³-hybridized carbons (Fsp3) is 0.333. The SMILES string of the molecule is Cc1cnc(NCCCn2ccnc2)c(N)c1. The number of nitrogens with two attached hydrogens (primary N) is 1. The van der Waals surface area contributed by atoms with Gasteiger partial charge in [-0.3, -0.25) is 0 Å². The zero-order chi connectivity index (χ0) is 12.1. The van der Waals surface area contributed by atoms with Crippen molar-refractivity contribution in [3.8, 4) is 0 Å². The van der Waals surface area contributed by atoms with Crippen LogP contribution in [0.15, 0.2) is 31.0 Å². The van der Waals surface area contributed by atoms with Gasteiger partial charge in [0.05, 0.1) is 12.0 Å². The molecule has 2 aromatic rings. The van der Waals surface area contributed by atoms with Crippen molar-refractivity contribution in [1.29, 1.82) is 0 Å². The molecule has 2 heterocycles. The molecule has 2 rings (SSSR count). The summed E-state index contributed by atoms with van der Waals surface area (Å²) in [4.78, 5) is 8.25. The van der Waals surface area contributed by atoms with Gasteiger partial charge in [-0.05, 0) is 25.0 Å². The average molecular weight is 231 g/mol. The van der Waals surface area contributed by atoms with Gasteiger partial charge in [-0.2, -0.15) is 0 Å². The molecule has 2 aromatic heterocycles. The molecule has 5 nitrogen and oxygen atoms in total. The Morgan fingerprint density at radius 2 is 2.35 bits per heavy atom. The third kappa shape index (κ3) is 3.21. The quantitative estimate of drug-likeness (QED) is 0.768. The molecule has 0 saturated carbocycles. The maximum absolute atomic E-state index is 5.86. The van der Waals surface area contributed by atoms with Crippen molar-refractivity contribution in [2.75, 3.05) is 17.6 Å². The van der Waals surface area contributed by atoms with Crippen LogP contribution >= 0.6 is 0 Å². The minimum absolute atomic E-state index is 0.702. The van der Waals surface area contributed by atoms with Crippen molar-refractivity contribution in [2.45, 2.75) is 19.9 Å². The van der Waals surface area contributed by atoms with Crippen molar-refractivity contribution in [3.05, 3.63) is 36.5 Å². The molecule has 0 aliphatic carbocycles. The van der Waals surface area contributed by atoms with E-state index in [2.05, 4.69) is 15.3 Å². The van der Waals surface area contributed by atoms with Crippen LogP contribution in [0.5, 0.6) is 0 Å². The first-order chi connectivity index (χ1) is 8.25. The van der Waals surface area contributed by atoms with Crippen LogP contribution in [0.4, 0.5) is 11.5 Å². The maximum Gasteiger partial charge on any atom is 0.149 e. The van der Waals surface area contributed by atoms with Crippen LogP contribution in [-0.2, 0) is 6.54 Å². The number of rotatable bonds is 5. The predicted octanol–water partition coefficient (Wildman–Crippen LogP) is 1.67. The molecule has 0 bridgehead atoms. The van der Waals surface area contributed by atoms with Crippen LogP contribution in [0.25, 0.3) is 0 Å². The lowest BCUT2D eigenvalue weighted by molar-refractivity contribution is 0.660. The van der Waals surface area contributed by atoms with Crippen molar-refractivity contribution < 1.29 is 0 Å². The summed E-state index contributed by atoms with van der Waals surface area (Å²) in [5.41, 5.74) is 7.63. The average Bonchev–Trinajstić information content (AvgIpc) is 2.79. The van der Waals surface area contributed by atoms with E-state index in [4.69, 9.17) is 5.73 Å². The van der Waals surface area contributed by atoms with Crippen molar-refractivity contribution in [1.82, 2.24) is 14.5 Å². The number of pyridine rings is 1. The van der Waals surface area contributed by atoms with Gasteiger partial charge < -0.3 is 15.6 Å². The first-order valence-corrected chi connectivity index (χ1v) is 5.67. The van der Waals surface area contributed by atoms with Gasteiger partial charge in [-0.15, -0.1) is 0 Å². The molecule has 90 valence electrons. The number of aromatic nitrogens is 3. The van der Waals surface area contributed by atoms with Gasteiger partial charge in [0, 0.05) is 31.7 Å². The van der Waals surface area contributed by atoms with E-state index in [1.54, 1.807) is 6.20 Å². The number of aryl methyl sites for hydroxylation is 2. The second kappa shape index (κ2) is 5.34. The van der Waals surface area contributed by atoms with Crippen molar-refractivity contribution >= 4 is 11.5 Å². The molecular weight excluding hydrogens is 214 g/mol. The summed E-state index contributed by atoms with van der Waals surface area (Å²) in [5.74, 6) is 0.765. The molecule has 0 aliphatic heterocycles. The van der Waals surface area contributed by atoms with E-state index >= 15 is 0 Å². The molecular formula is C12H17N5. The van der Waals surface area contributed by atoms with E-state index in [-0.39, 0.29) is 0 Å². The summed E-state index contributed by atoms with van der Waals surface area (Å²) in [6, 6.07) is 1.92. The number of hydrogen-bond donors (Lipinski definition) is 2. The maximum atomic E-state index is 5.86. The largest absolute Gasteiger partial charge is 0.396 e. The van der Waals surface area contributed by atoms with Crippen LogP contribution in [-0.4, -0.2) is 21.1 Å². The van der Waals surface area contributed by atoms with Crippen LogP contribution in [0.3, 0.4) is 0 Å². The second-order valence-electron chi connectivity index (χ2n) is 4.03. The number of anilines is 2. The first-order valence-electron chi connectivity index (χ1n) is 5.67. The Labute approximate surface area is 101 Å². The van der Waals surface area contributed by atoms with Crippen LogP contribution < -0.4 is 11.1 Å². The first kappa shape index (κ1) is 11.4. The lowest BCUT2D eigenvalue weighted by Crippen LogP contribution is -2.08. The Bertz CT molecular complexity index is 464. The summed E-state index contributed by atoms with van der Waals surface area (Å²) in [7, 11) is 0. The summed E-state index contributed by atoms with van der Waals surface area (Å²) >= 11 is 0. The number of nitrogen functional groups attached to an aromatic ring is 1. The smallest absolute Gasteiger partial charge is 0.149 e. The summed E-state index contributed by atoms with van der Waals surface area (Å²) in [6.07, 6.45) is 8.38. The molecule has 3 N–H and O–H groups in total. The number of hydrogen-bond acceptors (Lipinski definition) is 4. The Hall–Kier alpha value is -2.04. The highest BCUT2D eigenvalue weighted by atomic mass is 15.0. The lowest BCUT2D eigenvalue weighted by atomic mass is 10.3. The highest BCUT2D eigenvalue weighted by molar-refractivity contribution is 5.61. The number of nitrogens with one attached hydrogen (secondary N) is 1. The zero-order valence-corrected chi connectivity index (χ0v) is 9.93. The highest BCUT2D eigenvalue weighted by Gasteiger charge is 1.99. The third-order valence-corrected chi connectivity index (χ3v) is 2.50. The molecule has 0 spiro atoms. The fourth-order valence-corrected chi connectivity index (χ4v) is 1.63. The molecule has 0 saturated heterocycles. The minimum Gasteiger partial charge on any atom is -0.396 e. The van der Waals surface area contributed by atoms with E-state index in [0.29, 0.717) is 5.69 Å². The van der Waals surface area contributed by atoms with Gasteiger partial charge in [0.15, 0.2) is 0 Å². The van der Waals surface area contributed by atoms with E-state index in [1.807, 2.05) is 36.3 Å². The summed E-state index contributed by atoms with van der Waals surface area (Å²) < 4.78 is 2.05. The molecule has 0 atom stereocenters. The van der Waals surface area contributed by atoms with Crippen LogP contribution in [0, 0.1) is 6.92 Å². The molecule has 0 radical (unpaired) electrons. The van der Waals surface area contributed by atoms with Crippen LogP contribution in [0.2, 0.25) is 0 Å². The summed E-state index contributed by atoms with van der Waals surface area (Å²) in [5, 5.41) is 3.23. The molecule has 17 heavy (non-hydrogen) atoms. The number of nitrogens with zero attached hydrogens (tertiary/aromatic N) is 3. The molecule has 0 amide bonds. The molecule has 0 fully saturated rings. The van der Waals surface area contributed by atoms with Crippen molar-refractivity contribution in [2.24, 2.45) is 0 Å². The van der Waals surface area contributed by atoms with Gasteiger partial charge in [-0.1, -0.05) is 0 Å². The van der Waals surface area contributed by atoms with Gasteiger partial charge in [0.25, 0.3) is 0 Å². The van der Waals surface area contributed by atoms with Gasteiger partial charge in [-0.25, -0.2) is 9.97 Å². The van der Waals surface area contributed by atoms with Crippen molar-refractivity contribution in [3.63, 3.8) is 0 Å². The Morgan fingerprint density at radius 3 is 3.06 bits per heavy atom. The van der Waals surface area contributed by atoms with Gasteiger partial charge in [0.1, 0.15) is 5.82 Å². The van der Waals surface area contributed by atoms with Gasteiger partial charge >= 0.3 is 0 Å². The van der Waals surface area contributed by atoms with E-state index in [0.717, 1.165) is 30.9 Å². The predicted molar refractivity (Wildman–Crippen MR) is 68.7 cm³/mol. The lowest BCUT2D eigenvalue weighted by Gasteiger charge is -2.08. The molecule has 0 aromatic carbocycles. The van der Waals surface area contributed by atoms with E-state index in [9.17, 15) is 0 Å². The van der Waals surface area contributed by atoms with E-state index < -0.39 is 0 Å². The molecule has 0 aliphatic rings. The molecule has 5 heteroatoms. The fourth-order valence-electron chi connectivity index (χ4n) is 1.63. The normalized spacial score (nSPS) is 10.4. The minimum atomic E-state index is 0.702. The van der Waals surface area contributed by atoms with Gasteiger partial charge in [0.2, 0.25) is 0 Å². The monoisotopic (exact) mass is 231 g/mol. The Balaban J connectivity index is 1.78. The third-order valence-electron chi connectivity index (χ3n) is 2.50. The topological polar surface area (TPSA) is 68.8 Å². The Kier molecular flexibility index (Phi) is 3.59. The highest BCUT2D eigenvalue weighted by Crippen LogP contribution is 2.15.